The molecule has 27 heavy (non-hydrogen) atoms. The number of benzene rings is 1. The van der Waals surface area contributed by atoms with Crippen LogP contribution in [-0.4, -0.2) is 31.5 Å². The van der Waals surface area contributed by atoms with Crippen LogP contribution in [0.4, 0.5) is 0 Å². The van der Waals surface area contributed by atoms with E-state index >= 15 is 0 Å². The van der Waals surface area contributed by atoms with Crippen molar-refractivity contribution < 1.29 is 4.79 Å². The number of carbonyl (C=O) groups excluding carboxylic acids is 1. The maximum absolute atomic E-state index is 11.7. The summed E-state index contributed by atoms with van der Waals surface area (Å²) < 4.78 is 0. The van der Waals surface area contributed by atoms with Gasteiger partial charge in [-0.05, 0) is 68.6 Å². The summed E-state index contributed by atoms with van der Waals surface area (Å²) in [5.41, 5.74) is 4.32. The van der Waals surface area contributed by atoms with Crippen molar-refractivity contribution in [3.8, 4) is 0 Å². The molecule has 0 saturated heterocycles. The smallest absolute Gasteiger partial charge is 0.220 e. The molecule has 6 heteroatoms. The maximum Gasteiger partial charge on any atom is 0.220 e. The van der Waals surface area contributed by atoms with Gasteiger partial charge in [-0.1, -0.05) is 18.2 Å². The number of halogens is 1. The fourth-order valence-corrected chi connectivity index (χ4v) is 3.49. The van der Waals surface area contributed by atoms with Gasteiger partial charge in [0.25, 0.3) is 0 Å². The predicted molar refractivity (Wildman–Crippen MR) is 122 cm³/mol. The second-order valence-electron chi connectivity index (χ2n) is 7.55. The van der Waals surface area contributed by atoms with Gasteiger partial charge in [-0.3, -0.25) is 9.79 Å². The first-order valence-electron chi connectivity index (χ1n) is 10.0. The summed E-state index contributed by atoms with van der Waals surface area (Å²) in [5, 5.41) is 9.80. The minimum Gasteiger partial charge on any atom is -0.356 e. The molecule has 1 aromatic carbocycles. The number of hydrogen-bond donors (Lipinski definition) is 3. The third-order valence-electron chi connectivity index (χ3n) is 5.26. The molecule has 0 bridgehead atoms. The number of aliphatic imine (C=N–C) groups is 1. The Kier molecular flexibility index (Phi) is 8.86. The highest BCUT2D eigenvalue weighted by Crippen LogP contribution is 2.24. The van der Waals surface area contributed by atoms with Crippen LogP contribution in [0.2, 0.25) is 0 Å². The van der Waals surface area contributed by atoms with Gasteiger partial charge < -0.3 is 16.0 Å². The summed E-state index contributed by atoms with van der Waals surface area (Å²) in [4.78, 5) is 16.0. The van der Waals surface area contributed by atoms with Crippen molar-refractivity contribution in [2.45, 2.75) is 70.4 Å². The topological polar surface area (TPSA) is 65.5 Å². The summed E-state index contributed by atoms with van der Waals surface area (Å²) >= 11 is 0. The fourth-order valence-electron chi connectivity index (χ4n) is 3.49. The number of hydrogen-bond acceptors (Lipinski definition) is 2. The van der Waals surface area contributed by atoms with Crippen LogP contribution in [-0.2, 0) is 17.6 Å². The second kappa shape index (κ2) is 10.9. The molecule has 0 spiro atoms. The van der Waals surface area contributed by atoms with Crippen LogP contribution in [0.15, 0.2) is 23.2 Å². The maximum atomic E-state index is 11.7. The zero-order valence-electron chi connectivity index (χ0n) is 16.5. The van der Waals surface area contributed by atoms with E-state index in [1.54, 1.807) is 7.05 Å². The molecule has 5 nitrogen and oxygen atoms in total. The number of carbonyl (C=O) groups is 1. The first kappa shape index (κ1) is 22.0. The van der Waals surface area contributed by atoms with Crippen molar-refractivity contribution in [3.05, 3.63) is 34.9 Å². The second-order valence-corrected chi connectivity index (χ2v) is 7.55. The van der Waals surface area contributed by atoms with Gasteiger partial charge in [0.15, 0.2) is 5.96 Å². The summed E-state index contributed by atoms with van der Waals surface area (Å²) in [7, 11) is 1.79. The average molecular weight is 484 g/mol. The highest BCUT2D eigenvalue weighted by Gasteiger charge is 2.22. The van der Waals surface area contributed by atoms with Crippen LogP contribution < -0.4 is 16.0 Å². The molecule has 2 aliphatic rings. The molecule has 1 aromatic rings. The Morgan fingerprint density at radius 1 is 1.22 bits per heavy atom. The monoisotopic (exact) mass is 484 g/mol. The number of rotatable bonds is 7. The van der Waals surface area contributed by atoms with Gasteiger partial charge >= 0.3 is 0 Å². The normalized spacial score (nSPS) is 17.3. The zero-order chi connectivity index (χ0) is 18.4. The number of aryl methyl sites for hydroxylation is 2. The third-order valence-corrected chi connectivity index (χ3v) is 5.26. The molecule has 3 N–H and O–H groups in total. The van der Waals surface area contributed by atoms with Gasteiger partial charge in [0.1, 0.15) is 0 Å². The molecule has 2 aliphatic carbocycles. The predicted octanol–water partition coefficient (Wildman–Crippen LogP) is 3.47. The lowest BCUT2D eigenvalue weighted by molar-refractivity contribution is -0.121. The van der Waals surface area contributed by atoms with E-state index in [1.807, 2.05) is 0 Å². The van der Waals surface area contributed by atoms with Crippen LogP contribution in [0, 0.1) is 0 Å². The van der Waals surface area contributed by atoms with E-state index in [-0.39, 0.29) is 35.9 Å². The van der Waals surface area contributed by atoms with Crippen LogP contribution in [0.3, 0.4) is 0 Å². The lowest BCUT2D eigenvalue weighted by Crippen LogP contribution is -2.39. The highest BCUT2D eigenvalue weighted by molar-refractivity contribution is 14.0. The molecular weight excluding hydrogens is 451 g/mol. The molecule has 0 aliphatic heterocycles. The van der Waals surface area contributed by atoms with Gasteiger partial charge in [-0.2, -0.15) is 0 Å². The van der Waals surface area contributed by atoms with Gasteiger partial charge in [0.2, 0.25) is 5.91 Å². The molecule has 0 aromatic heterocycles. The molecule has 1 atom stereocenters. The van der Waals surface area contributed by atoms with E-state index in [0.29, 0.717) is 12.5 Å². The molecule has 0 heterocycles. The number of nitrogens with one attached hydrogen (secondary N) is 3. The van der Waals surface area contributed by atoms with Crippen molar-refractivity contribution in [2.75, 3.05) is 13.6 Å². The Morgan fingerprint density at radius 2 is 1.96 bits per heavy atom. The minimum absolute atomic E-state index is 0. The molecule has 1 saturated carbocycles. The van der Waals surface area contributed by atoms with Crippen molar-refractivity contribution in [2.24, 2.45) is 4.99 Å². The summed E-state index contributed by atoms with van der Waals surface area (Å²) in [6.07, 6.45) is 8.70. The standard InChI is InChI=1S/C21H32N4O.HI/c1-15(17-10-9-16-6-3-4-7-18(16)14-17)24-21(22-2)23-13-5-8-20(26)25-19-11-12-19;/h9-10,14-15,19H,3-8,11-13H2,1-2H3,(H,25,26)(H2,22,23,24);1H. The SMILES string of the molecule is CN=C(NCCCC(=O)NC1CC1)NC(C)c1ccc2c(c1)CCCC2.I. The summed E-state index contributed by atoms with van der Waals surface area (Å²) in [6.45, 7) is 2.91. The van der Waals surface area contributed by atoms with Gasteiger partial charge in [0.05, 0.1) is 6.04 Å². The lowest BCUT2D eigenvalue weighted by atomic mass is 9.89. The molecule has 150 valence electrons. The summed E-state index contributed by atoms with van der Waals surface area (Å²) in [5.74, 6) is 0.956. The van der Waals surface area contributed by atoms with Crippen LogP contribution in [0.5, 0.6) is 0 Å². The Labute approximate surface area is 180 Å². The van der Waals surface area contributed by atoms with E-state index in [9.17, 15) is 4.79 Å². The van der Waals surface area contributed by atoms with Crippen molar-refractivity contribution in [1.82, 2.24) is 16.0 Å². The van der Waals surface area contributed by atoms with Crippen molar-refractivity contribution >= 4 is 35.8 Å². The van der Waals surface area contributed by atoms with Crippen molar-refractivity contribution in [3.63, 3.8) is 0 Å². The fraction of sp³-hybridized carbons (Fsp3) is 0.619. The van der Waals surface area contributed by atoms with E-state index in [4.69, 9.17) is 0 Å². The first-order chi connectivity index (χ1) is 12.7. The molecule has 1 fully saturated rings. The van der Waals surface area contributed by atoms with Crippen molar-refractivity contribution in [1.29, 1.82) is 0 Å². The highest BCUT2D eigenvalue weighted by atomic mass is 127. The van der Waals surface area contributed by atoms with Crippen LogP contribution in [0.1, 0.15) is 68.2 Å². The average Bonchev–Trinajstić information content (AvgIpc) is 3.47. The Balaban J connectivity index is 0.00000261. The van der Waals surface area contributed by atoms with Crippen LogP contribution >= 0.6 is 24.0 Å². The van der Waals surface area contributed by atoms with E-state index in [0.717, 1.165) is 31.8 Å². The first-order valence-corrected chi connectivity index (χ1v) is 10.0. The van der Waals surface area contributed by atoms with Gasteiger partial charge in [-0.15, -0.1) is 24.0 Å². The van der Waals surface area contributed by atoms with E-state index in [1.165, 1.54) is 42.4 Å². The molecule has 0 radical (unpaired) electrons. The molecule has 3 rings (SSSR count). The Morgan fingerprint density at radius 3 is 2.67 bits per heavy atom. The Bertz CT molecular complexity index is 658. The largest absolute Gasteiger partial charge is 0.356 e. The molecule has 1 amide bonds. The van der Waals surface area contributed by atoms with E-state index < -0.39 is 0 Å². The minimum atomic E-state index is 0. The lowest BCUT2D eigenvalue weighted by Gasteiger charge is -2.21. The quantitative estimate of drug-likeness (QED) is 0.240. The Hall–Kier alpha value is -1.31. The summed E-state index contributed by atoms with van der Waals surface area (Å²) in [6, 6.07) is 7.52. The number of fused-ring (bicyclic) bond motifs is 1. The van der Waals surface area contributed by atoms with E-state index in [2.05, 4.69) is 46.1 Å². The van der Waals surface area contributed by atoms with Gasteiger partial charge in [0, 0.05) is 26.1 Å². The number of amides is 1. The number of nitrogens with zero attached hydrogens (tertiary/aromatic N) is 1. The third kappa shape index (κ3) is 6.97. The van der Waals surface area contributed by atoms with Gasteiger partial charge in [-0.25, -0.2) is 0 Å². The number of guanidine groups is 1. The zero-order valence-corrected chi connectivity index (χ0v) is 18.8. The molecular formula is C21H33IN4O. The van der Waals surface area contributed by atoms with Crippen LogP contribution in [0.25, 0.3) is 0 Å². The molecule has 1 unspecified atom stereocenters.